The quantitative estimate of drug-likeness (QED) is 0.436. The topological polar surface area (TPSA) is 85.3 Å². The van der Waals surface area contributed by atoms with Crippen molar-refractivity contribution in [1.82, 2.24) is 4.90 Å². The molecule has 2 unspecified atom stereocenters. The normalized spacial score (nSPS) is 22.7. The Hall–Kier alpha value is -3.32. The number of methoxy groups -OCH3 is 2. The van der Waals surface area contributed by atoms with E-state index in [0.29, 0.717) is 29.2 Å². The van der Waals surface area contributed by atoms with Gasteiger partial charge in [-0.3, -0.25) is 9.59 Å². The number of aliphatic hydroxyl groups excluding tert-OH is 1. The molecule has 7 nitrogen and oxygen atoms in total. The monoisotopic (exact) mass is 423 g/mol. The van der Waals surface area contributed by atoms with Crippen LogP contribution in [0, 0.1) is 0 Å². The summed E-state index contributed by atoms with van der Waals surface area (Å²) in [6.45, 7) is 0.920. The van der Waals surface area contributed by atoms with Crippen molar-refractivity contribution in [1.29, 1.82) is 0 Å². The predicted octanol–water partition coefficient (Wildman–Crippen LogP) is 3.30. The van der Waals surface area contributed by atoms with Crippen molar-refractivity contribution >= 4 is 17.4 Å². The highest BCUT2D eigenvalue weighted by Gasteiger charge is 2.47. The molecule has 0 aromatic heterocycles. The van der Waals surface area contributed by atoms with Crippen molar-refractivity contribution < 1.29 is 28.9 Å². The number of likely N-dealkylation sites (tertiary alicyclic amines) is 1. The van der Waals surface area contributed by atoms with Crippen LogP contribution in [0.25, 0.3) is 5.76 Å². The smallest absolute Gasteiger partial charge is 0.295 e. The average Bonchev–Trinajstić information content (AvgIpc) is 3.41. The van der Waals surface area contributed by atoms with Gasteiger partial charge < -0.3 is 24.2 Å². The van der Waals surface area contributed by atoms with Gasteiger partial charge in [-0.2, -0.15) is 0 Å². The molecule has 2 aliphatic rings. The van der Waals surface area contributed by atoms with Gasteiger partial charge in [0.1, 0.15) is 17.3 Å². The van der Waals surface area contributed by atoms with Gasteiger partial charge in [0.15, 0.2) is 0 Å². The number of hydrogen-bond acceptors (Lipinski definition) is 6. The van der Waals surface area contributed by atoms with Crippen LogP contribution in [-0.4, -0.2) is 55.2 Å². The first kappa shape index (κ1) is 20.9. The Balaban J connectivity index is 1.84. The van der Waals surface area contributed by atoms with Crippen LogP contribution in [-0.2, 0) is 14.3 Å². The zero-order valence-electron chi connectivity index (χ0n) is 17.5. The summed E-state index contributed by atoms with van der Waals surface area (Å²) in [6.07, 6.45) is 1.61. The molecule has 31 heavy (non-hydrogen) atoms. The maximum Gasteiger partial charge on any atom is 0.295 e. The van der Waals surface area contributed by atoms with Crippen LogP contribution in [0.2, 0.25) is 0 Å². The lowest BCUT2D eigenvalue weighted by atomic mass is 9.95. The van der Waals surface area contributed by atoms with Crippen molar-refractivity contribution in [3.63, 3.8) is 0 Å². The van der Waals surface area contributed by atoms with E-state index in [9.17, 15) is 14.7 Å². The standard InChI is InChI=1S/C24H25NO6/c1-29-17-8-3-6-15(12-17)21-20(22(26)16-7-4-9-18(13-16)30-2)23(27)24(28)25(21)14-19-10-5-11-31-19/h3-4,6-9,12-13,19,21,26H,5,10-11,14H2,1-2H3/b22-20-. The largest absolute Gasteiger partial charge is 0.507 e. The highest BCUT2D eigenvalue weighted by atomic mass is 16.5. The third-order valence-corrected chi connectivity index (χ3v) is 5.72. The lowest BCUT2D eigenvalue weighted by Gasteiger charge is -2.27. The number of ether oxygens (including phenoxy) is 3. The number of amides is 1. The number of nitrogens with zero attached hydrogens (tertiary/aromatic N) is 1. The first-order valence-corrected chi connectivity index (χ1v) is 10.2. The Morgan fingerprint density at radius 3 is 2.48 bits per heavy atom. The first-order chi connectivity index (χ1) is 15.0. The van der Waals surface area contributed by atoms with Crippen LogP contribution in [0.5, 0.6) is 11.5 Å². The summed E-state index contributed by atoms with van der Waals surface area (Å²) in [5.41, 5.74) is 1.13. The van der Waals surface area contributed by atoms with Gasteiger partial charge in [0.25, 0.3) is 11.7 Å². The van der Waals surface area contributed by atoms with Gasteiger partial charge in [0.05, 0.1) is 31.9 Å². The summed E-state index contributed by atoms with van der Waals surface area (Å²) in [7, 11) is 3.08. The van der Waals surface area contributed by atoms with E-state index in [-0.39, 0.29) is 24.0 Å². The molecule has 2 aromatic carbocycles. The summed E-state index contributed by atoms with van der Waals surface area (Å²) in [4.78, 5) is 27.6. The second-order valence-corrected chi connectivity index (χ2v) is 7.60. The maximum absolute atomic E-state index is 13.1. The molecule has 2 aromatic rings. The second kappa shape index (κ2) is 8.81. The van der Waals surface area contributed by atoms with Crippen molar-refractivity contribution in [2.24, 2.45) is 0 Å². The maximum atomic E-state index is 13.1. The lowest BCUT2D eigenvalue weighted by Crippen LogP contribution is -2.36. The molecular formula is C24H25NO6. The van der Waals surface area contributed by atoms with E-state index >= 15 is 0 Å². The Labute approximate surface area is 180 Å². The predicted molar refractivity (Wildman–Crippen MR) is 114 cm³/mol. The van der Waals surface area contributed by atoms with Gasteiger partial charge in [-0.15, -0.1) is 0 Å². The van der Waals surface area contributed by atoms with Crippen molar-refractivity contribution in [3.8, 4) is 11.5 Å². The molecule has 2 fully saturated rings. The number of aliphatic hydroxyl groups is 1. The van der Waals surface area contributed by atoms with E-state index in [2.05, 4.69) is 0 Å². The number of benzene rings is 2. The molecule has 0 radical (unpaired) electrons. The molecular weight excluding hydrogens is 398 g/mol. The minimum Gasteiger partial charge on any atom is -0.507 e. The number of ketones is 1. The SMILES string of the molecule is COc1cccc(/C(O)=C2/C(=O)C(=O)N(CC3CCCO3)C2c2cccc(OC)c2)c1. The molecule has 2 heterocycles. The number of Topliss-reactive ketones (excluding diaryl/α,β-unsaturated/α-hetero) is 1. The summed E-state index contributed by atoms with van der Waals surface area (Å²) >= 11 is 0. The zero-order valence-corrected chi connectivity index (χ0v) is 17.5. The van der Waals surface area contributed by atoms with E-state index in [1.54, 1.807) is 49.6 Å². The molecule has 0 saturated carbocycles. The molecule has 2 aliphatic heterocycles. The molecule has 1 N–H and O–H groups in total. The molecule has 2 atom stereocenters. The molecule has 0 aliphatic carbocycles. The summed E-state index contributed by atoms with van der Waals surface area (Å²) in [5, 5.41) is 11.1. The van der Waals surface area contributed by atoms with Crippen molar-refractivity contribution in [3.05, 3.63) is 65.2 Å². The Morgan fingerprint density at radius 1 is 1.10 bits per heavy atom. The third kappa shape index (κ3) is 4.01. The van der Waals surface area contributed by atoms with Gasteiger partial charge in [0, 0.05) is 18.7 Å². The minimum atomic E-state index is -0.745. The van der Waals surface area contributed by atoms with Crippen LogP contribution < -0.4 is 9.47 Å². The van der Waals surface area contributed by atoms with Crippen LogP contribution in [0.15, 0.2) is 54.1 Å². The molecule has 0 spiro atoms. The molecule has 0 bridgehead atoms. The van der Waals surface area contributed by atoms with Crippen LogP contribution in [0.1, 0.15) is 30.0 Å². The van der Waals surface area contributed by atoms with Gasteiger partial charge in [-0.25, -0.2) is 0 Å². The van der Waals surface area contributed by atoms with Gasteiger partial charge in [-0.05, 0) is 42.7 Å². The number of hydrogen-bond donors (Lipinski definition) is 1. The Bertz CT molecular complexity index is 1020. The summed E-state index contributed by atoms with van der Waals surface area (Å²) < 4.78 is 16.3. The molecule has 1 amide bonds. The zero-order chi connectivity index (χ0) is 22.0. The van der Waals surface area contributed by atoms with Gasteiger partial charge >= 0.3 is 0 Å². The molecule has 7 heteroatoms. The van der Waals surface area contributed by atoms with Gasteiger partial charge in [0.2, 0.25) is 0 Å². The summed E-state index contributed by atoms with van der Waals surface area (Å²) in [5.74, 6) is -0.462. The highest BCUT2D eigenvalue weighted by Crippen LogP contribution is 2.41. The average molecular weight is 423 g/mol. The van der Waals surface area contributed by atoms with E-state index in [1.165, 1.54) is 12.0 Å². The number of carbonyl (C=O) groups is 2. The fourth-order valence-corrected chi connectivity index (χ4v) is 4.16. The van der Waals surface area contributed by atoms with Crippen molar-refractivity contribution in [2.45, 2.75) is 25.0 Å². The second-order valence-electron chi connectivity index (χ2n) is 7.60. The third-order valence-electron chi connectivity index (χ3n) is 5.72. The lowest BCUT2D eigenvalue weighted by molar-refractivity contribution is -0.140. The van der Waals surface area contributed by atoms with Gasteiger partial charge in [-0.1, -0.05) is 24.3 Å². The fourth-order valence-electron chi connectivity index (χ4n) is 4.16. The van der Waals surface area contributed by atoms with E-state index in [0.717, 1.165) is 12.8 Å². The van der Waals surface area contributed by atoms with E-state index in [1.807, 2.05) is 6.07 Å². The van der Waals surface area contributed by atoms with Crippen LogP contribution in [0.4, 0.5) is 0 Å². The first-order valence-electron chi connectivity index (χ1n) is 10.2. The highest BCUT2D eigenvalue weighted by molar-refractivity contribution is 6.46. The van der Waals surface area contributed by atoms with E-state index < -0.39 is 17.7 Å². The van der Waals surface area contributed by atoms with E-state index in [4.69, 9.17) is 14.2 Å². The Morgan fingerprint density at radius 2 is 1.81 bits per heavy atom. The van der Waals surface area contributed by atoms with Crippen LogP contribution in [0.3, 0.4) is 0 Å². The molecule has 162 valence electrons. The van der Waals surface area contributed by atoms with Crippen LogP contribution >= 0.6 is 0 Å². The number of rotatable bonds is 6. The minimum absolute atomic E-state index is 0.0458. The fraction of sp³-hybridized carbons (Fsp3) is 0.333. The van der Waals surface area contributed by atoms with Crippen molar-refractivity contribution in [2.75, 3.05) is 27.4 Å². The summed E-state index contributed by atoms with van der Waals surface area (Å²) in [6, 6.07) is 13.2. The molecule has 2 saturated heterocycles. The Kier molecular flexibility index (Phi) is 5.95. The molecule has 4 rings (SSSR count). The number of carbonyl (C=O) groups excluding carboxylic acids is 2.